The van der Waals surface area contributed by atoms with Gasteiger partial charge in [0.15, 0.2) is 5.82 Å². The molecule has 1 aliphatic rings. The minimum atomic E-state index is -0.303. The number of thioether (sulfide) groups is 1. The smallest absolute Gasteiger partial charge is 0.235 e. The molecule has 1 amide bonds. The summed E-state index contributed by atoms with van der Waals surface area (Å²) in [5.41, 5.74) is 2.60. The molecule has 0 radical (unpaired) electrons. The Kier molecular flexibility index (Phi) is 5.50. The largest absolute Gasteiger partial charge is 0.378 e. The van der Waals surface area contributed by atoms with Gasteiger partial charge >= 0.3 is 0 Å². The van der Waals surface area contributed by atoms with E-state index in [0.29, 0.717) is 24.8 Å². The zero-order chi connectivity index (χ0) is 19.5. The molecule has 1 saturated heterocycles. The minimum absolute atomic E-state index is 0.102. The third-order valence-electron chi connectivity index (χ3n) is 4.64. The molecule has 1 aliphatic heterocycles. The minimum Gasteiger partial charge on any atom is -0.378 e. The van der Waals surface area contributed by atoms with Crippen LogP contribution in [0.5, 0.6) is 0 Å². The third-order valence-corrected chi connectivity index (χ3v) is 5.19. The van der Waals surface area contributed by atoms with E-state index in [9.17, 15) is 9.18 Å². The Morgan fingerprint density at radius 2 is 1.96 bits per heavy atom. The average molecular weight is 400 g/mol. The first kappa shape index (κ1) is 18.8. The Hall–Kier alpha value is -2.58. The molecule has 1 fully saturated rings. The molecule has 146 valence electrons. The van der Waals surface area contributed by atoms with Crippen LogP contribution < -0.4 is 10.2 Å². The molecule has 0 spiro atoms. The van der Waals surface area contributed by atoms with Crippen molar-refractivity contribution in [3.63, 3.8) is 0 Å². The third kappa shape index (κ3) is 3.70. The van der Waals surface area contributed by atoms with Crippen molar-refractivity contribution in [1.82, 2.24) is 9.78 Å². The molecule has 2 heterocycles. The maximum absolute atomic E-state index is 13.4. The lowest BCUT2D eigenvalue weighted by atomic mass is 10.1. The number of halogens is 1. The number of aromatic nitrogens is 2. The molecule has 0 unspecified atom stereocenters. The summed E-state index contributed by atoms with van der Waals surface area (Å²) in [5.74, 6) is 0.461. The van der Waals surface area contributed by atoms with Crippen LogP contribution in [0.15, 0.2) is 42.5 Å². The number of hydrogen-bond acceptors (Lipinski definition) is 5. The van der Waals surface area contributed by atoms with Crippen LogP contribution in [0.25, 0.3) is 16.6 Å². The van der Waals surface area contributed by atoms with E-state index in [2.05, 4.69) is 15.3 Å². The second-order valence-electron chi connectivity index (χ2n) is 6.49. The summed E-state index contributed by atoms with van der Waals surface area (Å²) in [5, 5.41) is 8.48. The standard InChI is InChI=1S/C20H21FN4O2S/c1-28-13-18(26)22-20-19-16(24-9-11-27-12-10-24)3-2-4-17(19)25(23-20)15-7-5-14(21)6-8-15/h2-8H,9-13H2,1H3,(H,22,23,26). The van der Waals surface area contributed by atoms with Gasteiger partial charge in [0.1, 0.15) is 5.82 Å². The number of ether oxygens (including phenoxy) is 1. The molecule has 28 heavy (non-hydrogen) atoms. The zero-order valence-corrected chi connectivity index (χ0v) is 16.3. The Labute approximate surface area is 166 Å². The molecule has 0 aliphatic carbocycles. The predicted octanol–water partition coefficient (Wildman–Crippen LogP) is 3.30. The van der Waals surface area contributed by atoms with Crippen molar-refractivity contribution in [3.8, 4) is 5.69 Å². The van der Waals surface area contributed by atoms with E-state index in [1.54, 1.807) is 16.8 Å². The van der Waals surface area contributed by atoms with Gasteiger partial charge in [0.05, 0.1) is 41.2 Å². The van der Waals surface area contributed by atoms with Crippen LogP contribution in [0.3, 0.4) is 0 Å². The van der Waals surface area contributed by atoms with Crippen molar-refractivity contribution >= 4 is 40.1 Å². The molecule has 4 rings (SSSR count). The highest BCUT2D eigenvalue weighted by Gasteiger charge is 2.21. The molecule has 2 aromatic carbocycles. The van der Waals surface area contributed by atoms with Crippen molar-refractivity contribution in [2.24, 2.45) is 0 Å². The number of benzene rings is 2. The maximum Gasteiger partial charge on any atom is 0.235 e. The monoisotopic (exact) mass is 400 g/mol. The Morgan fingerprint density at radius 3 is 2.68 bits per heavy atom. The topological polar surface area (TPSA) is 59.4 Å². The first-order valence-electron chi connectivity index (χ1n) is 9.06. The normalized spacial score (nSPS) is 14.4. The number of carbonyl (C=O) groups is 1. The molecular weight excluding hydrogens is 379 g/mol. The zero-order valence-electron chi connectivity index (χ0n) is 15.5. The van der Waals surface area contributed by atoms with E-state index >= 15 is 0 Å². The van der Waals surface area contributed by atoms with Crippen LogP contribution in [0.1, 0.15) is 0 Å². The first-order valence-corrected chi connectivity index (χ1v) is 10.5. The lowest BCUT2D eigenvalue weighted by molar-refractivity contribution is -0.113. The number of carbonyl (C=O) groups excluding carboxylic acids is 1. The second-order valence-corrected chi connectivity index (χ2v) is 7.35. The van der Waals surface area contributed by atoms with Gasteiger partial charge in [-0.1, -0.05) is 6.07 Å². The van der Waals surface area contributed by atoms with Crippen molar-refractivity contribution in [2.45, 2.75) is 0 Å². The van der Waals surface area contributed by atoms with E-state index < -0.39 is 0 Å². The van der Waals surface area contributed by atoms with E-state index in [-0.39, 0.29) is 11.7 Å². The van der Waals surface area contributed by atoms with Gasteiger partial charge in [-0.2, -0.15) is 11.8 Å². The van der Waals surface area contributed by atoms with Gasteiger partial charge < -0.3 is 15.0 Å². The van der Waals surface area contributed by atoms with Gasteiger partial charge in [-0.3, -0.25) is 4.79 Å². The molecule has 3 aromatic rings. The van der Waals surface area contributed by atoms with Crippen LogP contribution in [-0.2, 0) is 9.53 Å². The number of morpholine rings is 1. The van der Waals surface area contributed by atoms with Gasteiger partial charge in [0, 0.05) is 13.1 Å². The number of nitrogens with zero attached hydrogens (tertiary/aromatic N) is 3. The second kappa shape index (κ2) is 8.20. The first-order chi connectivity index (χ1) is 13.7. The fourth-order valence-corrected chi connectivity index (χ4v) is 3.72. The highest BCUT2D eigenvalue weighted by Crippen LogP contribution is 2.35. The van der Waals surface area contributed by atoms with Gasteiger partial charge in [0.2, 0.25) is 5.91 Å². The number of hydrogen-bond donors (Lipinski definition) is 1. The molecular formula is C20H21FN4O2S. The van der Waals surface area contributed by atoms with Crippen molar-refractivity contribution in [1.29, 1.82) is 0 Å². The van der Waals surface area contributed by atoms with E-state index in [1.807, 2.05) is 24.5 Å². The number of amides is 1. The molecule has 1 aromatic heterocycles. The lowest BCUT2D eigenvalue weighted by Crippen LogP contribution is -2.36. The molecule has 8 heteroatoms. The van der Waals surface area contributed by atoms with Crippen LogP contribution in [0.2, 0.25) is 0 Å². The van der Waals surface area contributed by atoms with Gasteiger partial charge in [-0.15, -0.1) is 5.10 Å². The van der Waals surface area contributed by atoms with Crippen molar-refractivity contribution < 1.29 is 13.9 Å². The summed E-state index contributed by atoms with van der Waals surface area (Å²) in [6.45, 7) is 2.88. The highest BCUT2D eigenvalue weighted by molar-refractivity contribution is 7.99. The van der Waals surface area contributed by atoms with Gasteiger partial charge in [-0.05, 0) is 42.7 Å². The number of fused-ring (bicyclic) bond motifs is 1. The Bertz CT molecular complexity index is 984. The summed E-state index contributed by atoms with van der Waals surface area (Å²) < 4.78 is 20.6. The quantitative estimate of drug-likeness (QED) is 0.712. The van der Waals surface area contributed by atoms with Crippen LogP contribution in [0.4, 0.5) is 15.9 Å². The van der Waals surface area contributed by atoms with E-state index in [1.165, 1.54) is 23.9 Å². The van der Waals surface area contributed by atoms with Crippen LogP contribution >= 0.6 is 11.8 Å². The number of anilines is 2. The Morgan fingerprint density at radius 1 is 1.21 bits per heavy atom. The summed E-state index contributed by atoms with van der Waals surface area (Å²) >= 11 is 1.46. The molecule has 0 bridgehead atoms. The summed E-state index contributed by atoms with van der Waals surface area (Å²) in [6, 6.07) is 12.1. The molecule has 1 N–H and O–H groups in total. The average Bonchev–Trinajstić information content (AvgIpc) is 3.08. The summed E-state index contributed by atoms with van der Waals surface area (Å²) in [6.07, 6.45) is 1.88. The van der Waals surface area contributed by atoms with Crippen molar-refractivity contribution in [3.05, 3.63) is 48.3 Å². The summed E-state index contributed by atoms with van der Waals surface area (Å²) in [4.78, 5) is 14.5. The SMILES string of the molecule is CSCC(=O)Nc1nn(-c2ccc(F)cc2)c2cccc(N3CCOCC3)c12. The van der Waals surface area contributed by atoms with Crippen LogP contribution in [0, 0.1) is 5.82 Å². The van der Waals surface area contributed by atoms with Gasteiger partial charge in [0.25, 0.3) is 0 Å². The van der Waals surface area contributed by atoms with Crippen LogP contribution in [-0.4, -0.2) is 54.0 Å². The van der Waals surface area contributed by atoms with E-state index in [4.69, 9.17) is 4.74 Å². The van der Waals surface area contributed by atoms with Crippen molar-refractivity contribution in [2.75, 3.05) is 48.5 Å². The fourth-order valence-electron chi connectivity index (χ4n) is 3.38. The number of rotatable bonds is 5. The van der Waals surface area contributed by atoms with E-state index in [0.717, 1.165) is 35.4 Å². The maximum atomic E-state index is 13.4. The molecule has 0 saturated carbocycles. The highest BCUT2D eigenvalue weighted by atomic mass is 32.2. The molecule has 6 nitrogen and oxygen atoms in total. The lowest BCUT2D eigenvalue weighted by Gasteiger charge is -2.29. The fraction of sp³-hybridized carbons (Fsp3) is 0.300. The summed E-state index contributed by atoms with van der Waals surface area (Å²) in [7, 11) is 0. The number of nitrogens with one attached hydrogen (secondary N) is 1. The molecule has 0 atom stereocenters. The predicted molar refractivity (Wildman–Crippen MR) is 111 cm³/mol. The van der Waals surface area contributed by atoms with Gasteiger partial charge in [-0.25, -0.2) is 9.07 Å². The Balaban J connectivity index is 1.86.